The molecule has 1 atom stereocenters. The number of benzene rings is 2. The van der Waals surface area contributed by atoms with Gasteiger partial charge >= 0.3 is 0 Å². The summed E-state index contributed by atoms with van der Waals surface area (Å²) in [6, 6.07) is 14.9. The Hall–Kier alpha value is -4.26. The Morgan fingerprint density at radius 1 is 1.09 bits per heavy atom. The number of amides is 1. The highest BCUT2D eigenvalue weighted by molar-refractivity contribution is 6.20. The van der Waals surface area contributed by atoms with E-state index in [-0.39, 0.29) is 11.3 Å². The lowest BCUT2D eigenvalue weighted by atomic mass is 9.98. The third-order valence-electron chi connectivity index (χ3n) is 5.83. The number of rotatable bonds is 5. The molecule has 4 aromatic rings. The standard InChI is InChI=1S/C26H21NO6/c1-14-9-10-17(15(2)12-14)27-22(18-8-5-11-32-18)21(24(29)26(27)30)23(28)20-13-16-6-4-7-19(31-3)25(16)33-20/h4-13,22,29H,1-3H3. The Morgan fingerprint density at radius 2 is 1.91 bits per heavy atom. The zero-order valence-electron chi connectivity index (χ0n) is 18.3. The lowest BCUT2D eigenvalue weighted by molar-refractivity contribution is -0.117. The largest absolute Gasteiger partial charge is 0.503 e. The maximum Gasteiger partial charge on any atom is 0.294 e. The minimum atomic E-state index is -0.948. The molecule has 5 rings (SSSR count). The van der Waals surface area contributed by atoms with Crippen LogP contribution in [0.3, 0.4) is 0 Å². The van der Waals surface area contributed by atoms with Crippen molar-refractivity contribution in [2.75, 3.05) is 12.0 Å². The molecule has 0 bridgehead atoms. The molecule has 1 amide bonds. The molecule has 1 N–H and O–H groups in total. The summed E-state index contributed by atoms with van der Waals surface area (Å²) in [7, 11) is 1.51. The molecule has 0 fully saturated rings. The fourth-order valence-corrected chi connectivity index (χ4v) is 4.32. The molecule has 2 aromatic heterocycles. The van der Waals surface area contributed by atoms with Crippen LogP contribution in [-0.2, 0) is 4.79 Å². The molecule has 1 aliphatic heterocycles. The van der Waals surface area contributed by atoms with Crippen molar-refractivity contribution in [2.45, 2.75) is 19.9 Å². The quantitative estimate of drug-likeness (QED) is 0.413. The summed E-state index contributed by atoms with van der Waals surface area (Å²) in [5.74, 6) is -1.10. The van der Waals surface area contributed by atoms with E-state index < -0.39 is 23.5 Å². The van der Waals surface area contributed by atoms with Crippen molar-refractivity contribution in [2.24, 2.45) is 0 Å². The van der Waals surface area contributed by atoms with Crippen LogP contribution in [0.25, 0.3) is 11.0 Å². The van der Waals surface area contributed by atoms with Crippen molar-refractivity contribution in [1.29, 1.82) is 0 Å². The smallest absolute Gasteiger partial charge is 0.294 e. The van der Waals surface area contributed by atoms with Crippen LogP contribution in [0.2, 0.25) is 0 Å². The van der Waals surface area contributed by atoms with Crippen molar-refractivity contribution in [3.05, 3.63) is 94.8 Å². The summed E-state index contributed by atoms with van der Waals surface area (Å²) in [4.78, 5) is 28.2. The molecule has 1 unspecified atom stereocenters. The van der Waals surface area contributed by atoms with Crippen molar-refractivity contribution < 1.29 is 28.3 Å². The van der Waals surface area contributed by atoms with Crippen LogP contribution in [0.4, 0.5) is 5.69 Å². The zero-order chi connectivity index (χ0) is 23.3. The van der Waals surface area contributed by atoms with E-state index >= 15 is 0 Å². The van der Waals surface area contributed by atoms with E-state index in [0.29, 0.717) is 28.2 Å². The SMILES string of the molecule is COc1cccc2cc(C(=O)C3=C(O)C(=O)N(c4ccc(C)cc4C)C3c3ccco3)oc12. The van der Waals surface area contributed by atoms with Crippen LogP contribution >= 0.6 is 0 Å². The number of ketones is 1. The van der Waals surface area contributed by atoms with E-state index in [0.717, 1.165) is 11.1 Å². The number of furan rings is 2. The van der Waals surface area contributed by atoms with Crippen molar-refractivity contribution in [3.8, 4) is 5.75 Å². The lowest BCUT2D eigenvalue weighted by Crippen LogP contribution is -2.31. The van der Waals surface area contributed by atoms with Gasteiger partial charge in [-0.15, -0.1) is 0 Å². The fraction of sp³-hybridized carbons (Fsp3) is 0.154. The molecule has 0 saturated heterocycles. The third-order valence-corrected chi connectivity index (χ3v) is 5.83. The third kappa shape index (κ3) is 3.20. The molecule has 7 nitrogen and oxygen atoms in total. The summed E-state index contributed by atoms with van der Waals surface area (Å²) >= 11 is 0. The highest BCUT2D eigenvalue weighted by Crippen LogP contribution is 2.43. The summed E-state index contributed by atoms with van der Waals surface area (Å²) in [5.41, 5.74) is 2.74. The van der Waals surface area contributed by atoms with Gasteiger partial charge in [0, 0.05) is 11.1 Å². The van der Waals surface area contributed by atoms with E-state index in [1.54, 1.807) is 42.5 Å². The number of para-hydroxylation sites is 1. The lowest BCUT2D eigenvalue weighted by Gasteiger charge is -2.26. The highest BCUT2D eigenvalue weighted by Gasteiger charge is 2.47. The minimum Gasteiger partial charge on any atom is -0.503 e. The Labute approximate surface area is 189 Å². The molecule has 33 heavy (non-hydrogen) atoms. The molecule has 7 heteroatoms. The second kappa shape index (κ2) is 7.70. The first-order valence-electron chi connectivity index (χ1n) is 10.4. The molecule has 0 radical (unpaired) electrons. The van der Waals surface area contributed by atoms with Gasteiger partial charge in [-0.05, 0) is 49.7 Å². The first kappa shape index (κ1) is 20.6. The zero-order valence-corrected chi connectivity index (χ0v) is 18.3. The summed E-state index contributed by atoms with van der Waals surface area (Å²) in [5, 5.41) is 11.5. The fourth-order valence-electron chi connectivity index (χ4n) is 4.32. The van der Waals surface area contributed by atoms with Crippen LogP contribution in [-0.4, -0.2) is 23.9 Å². The number of anilines is 1. The van der Waals surface area contributed by atoms with Gasteiger partial charge in [-0.3, -0.25) is 14.5 Å². The number of methoxy groups -OCH3 is 1. The van der Waals surface area contributed by atoms with Gasteiger partial charge in [-0.2, -0.15) is 0 Å². The first-order valence-corrected chi connectivity index (χ1v) is 10.4. The molecule has 0 saturated carbocycles. The van der Waals surface area contributed by atoms with E-state index in [2.05, 4.69) is 0 Å². The van der Waals surface area contributed by atoms with Gasteiger partial charge in [0.1, 0.15) is 11.8 Å². The highest BCUT2D eigenvalue weighted by atomic mass is 16.5. The number of aliphatic hydroxyl groups is 1. The second-order valence-corrected chi connectivity index (χ2v) is 7.96. The van der Waals surface area contributed by atoms with Crippen LogP contribution < -0.4 is 9.64 Å². The van der Waals surface area contributed by atoms with Gasteiger partial charge in [0.25, 0.3) is 5.91 Å². The average Bonchev–Trinajstić information content (AvgIpc) is 3.53. The molecular weight excluding hydrogens is 422 g/mol. The number of ether oxygens (including phenoxy) is 1. The topological polar surface area (TPSA) is 93.1 Å². The maximum atomic E-state index is 13.6. The minimum absolute atomic E-state index is 0.0112. The van der Waals surface area contributed by atoms with Crippen molar-refractivity contribution >= 4 is 28.3 Å². The molecule has 1 aliphatic rings. The Balaban J connectivity index is 1.65. The second-order valence-electron chi connectivity index (χ2n) is 7.96. The molecular formula is C26H21NO6. The van der Waals surface area contributed by atoms with E-state index in [1.165, 1.54) is 18.3 Å². The number of Topliss-reactive ketones (excluding diaryl/α,β-unsaturated/α-hetero) is 1. The molecule has 0 aliphatic carbocycles. The summed E-state index contributed by atoms with van der Waals surface area (Å²) in [6.45, 7) is 3.82. The molecule has 0 spiro atoms. The van der Waals surface area contributed by atoms with Crippen LogP contribution in [0.15, 0.2) is 81.0 Å². The van der Waals surface area contributed by atoms with Gasteiger partial charge < -0.3 is 18.7 Å². The van der Waals surface area contributed by atoms with Gasteiger partial charge in [-0.1, -0.05) is 29.8 Å². The van der Waals surface area contributed by atoms with E-state index in [1.807, 2.05) is 26.0 Å². The van der Waals surface area contributed by atoms with Gasteiger partial charge in [0.15, 0.2) is 22.9 Å². The van der Waals surface area contributed by atoms with Gasteiger partial charge in [-0.25, -0.2) is 0 Å². The number of aryl methyl sites for hydroxylation is 2. The monoisotopic (exact) mass is 443 g/mol. The average molecular weight is 443 g/mol. The van der Waals surface area contributed by atoms with Gasteiger partial charge in [0.05, 0.1) is 18.9 Å². The van der Waals surface area contributed by atoms with Gasteiger partial charge in [0.2, 0.25) is 5.78 Å². The number of carbonyl (C=O) groups is 2. The number of nitrogens with zero attached hydrogens (tertiary/aromatic N) is 1. The predicted molar refractivity (Wildman–Crippen MR) is 122 cm³/mol. The van der Waals surface area contributed by atoms with Crippen LogP contribution in [0.1, 0.15) is 33.5 Å². The first-order chi connectivity index (χ1) is 15.9. The number of fused-ring (bicyclic) bond motifs is 1. The maximum absolute atomic E-state index is 13.6. The Bertz CT molecular complexity index is 1430. The van der Waals surface area contributed by atoms with Crippen molar-refractivity contribution in [3.63, 3.8) is 0 Å². The normalized spacial score (nSPS) is 16.2. The number of hydrogen-bond acceptors (Lipinski definition) is 6. The van der Waals surface area contributed by atoms with Crippen molar-refractivity contribution in [1.82, 2.24) is 0 Å². The Kier molecular flexibility index (Phi) is 4.82. The van der Waals surface area contributed by atoms with Crippen LogP contribution in [0, 0.1) is 13.8 Å². The van der Waals surface area contributed by atoms with E-state index in [9.17, 15) is 14.7 Å². The number of carbonyl (C=O) groups excluding carboxylic acids is 2. The summed E-state index contributed by atoms with van der Waals surface area (Å²) in [6.07, 6.45) is 1.46. The molecule has 3 heterocycles. The van der Waals surface area contributed by atoms with E-state index in [4.69, 9.17) is 13.6 Å². The number of hydrogen-bond donors (Lipinski definition) is 1. The Morgan fingerprint density at radius 3 is 2.61 bits per heavy atom. The van der Waals surface area contributed by atoms with Crippen LogP contribution in [0.5, 0.6) is 5.75 Å². The summed E-state index contributed by atoms with van der Waals surface area (Å²) < 4.78 is 16.7. The molecule has 166 valence electrons. The number of aliphatic hydroxyl groups excluding tert-OH is 1. The predicted octanol–water partition coefficient (Wildman–Crippen LogP) is 5.43. The molecule has 2 aromatic carbocycles.